The van der Waals surface area contributed by atoms with E-state index in [-0.39, 0.29) is 0 Å². The molecule has 0 aliphatic carbocycles. The van der Waals surface area contributed by atoms with E-state index in [1.165, 1.54) is 27.1 Å². The zero-order chi connectivity index (χ0) is 26.2. The van der Waals surface area contributed by atoms with E-state index in [9.17, 15) is 0 Å². The summed E-state index contributed by atoms with van der Waals surface area (Å²) in [5, 5.41) is 6.03. The maximum Gasteiger partial charge on any atom is 0.146 e. The van der Waals surface area contributed by atoms with Gasteiger partial charge in [-0.2, -0.15) is 0 Å². The van der Waals surface area contributed by atoms with Gasteiger partial charge in [0.1, 0.15) is 5.65 Å². The van der Waals surface area contributed by atoms with E-state index in [1.54, 1.807) is 0 Å². The standard InChI is InChI=1S/C36H22N4/c1-2-10-23(11-3-1)24-20-25(22-37-21-24)39-31-16-8-6-14-29(31)34-33(39)19-18-27-26-12-4-5-13-28(26)36-38-30-15-7-9-17-32(30)40(36)35(27)34/h1-22H. The summed E-state index contributed by atoms with van der Waals surface area (Å²) >= 11 is 0. The molecule has 0 unspecified atom stereocenters. The lowest BCUT2D eigenvalue weighted by atomic mass is 10.0. The summed E-state index contributed by atoms with van der Waals surface area (Å²) < 4.78 is 4.72. The Kier molecular flexibility index (Phi) is 4.30. The molecule has 0 saturated carbocycles. The van der Waals surface area contributed by atoms with E-state index in [4.69, 9.17) is 4.98 Å². The summed E-state index contributed by atoms with van der Waals surface area (Å²) in [7, 11) is 0. The fourth-order valence-corrected chi connectivity index (χ4v) is 6.45. The van der Waals surface area contributed by atoms with E-state index >= 15 is 0 Å². The molecule has 0 bridgehead atoms. The normalized spacial score (nSPS) is 12.0. The van der Waals surface area contributed by atoms with E-state index in [0.29, 0.717) is 0 Å². The van der Waals surface area contributed by atoms with E-state index in [2.05, 4.69) is 129 Å². The summed E-state index contributed by atoms with van der Waals surface area (Å²) in [6, 6.07) is 43.0. The molecule has 4 heteroatoms. The number of rotatable bonds is 2. The molecule has 0 spiro atoms. The lowest BCUT2D eigenvalue weighted by Gasteiger charge is -2.12. The smallest absolute Gasteiger partial charge is 0.146 e. The van der Waals surface area contributed by atoms with Crippen LogP contribution in [0.1, 0.15) is 0 Å². The van der Waals surface area contributed by atoms with Gasteiger partial charge >= 0.3 is 0 Å². The number of benzene rings is 5. The molecular weight excluding hydrogens is 488 g/mol. The van der Waals surface area contributed by atoms with Gasteiger partial charge in [-0.25, -0.2) is 4.98 Å². The molecule has 9 rings (SSSR count). The van der Waals surface area contributed by atoms with Gasteiger partial charge in [-0.1, -0.05) is 91.0 Å². The molecule has 0 saturated heterocycles. The third-order valence-corrected chi connectivity index (χ3v) is 8.14. The Balaban J connectivity index is 1.50. The molecular formula is C36H22N4. The van der Waals surface area contributed by atoms with Crippen LogP contribution in [-0.2, 0) is 0 Å². The first-order valence-corrected chi connectivity index (χ1v) is 13.5. The number of para-hydroxylation sites is 3. The van der Waals surface area contributed by atoms with Gasteiger partial charge in [0.25, 0.3) is 0 Å². The third kappa shape index (κ3) is 2.85. The Labute approximate surface area is 229 Å². The van der Waals surface area contributed by atoms with Gasteiger partial charge in [0.15, 0.2) is 0 Å². The predicted molar refractivity (Wildman–Crippen MR) is 165 cm³/mol. The first-order chi connectivity index (χ1) is 19.9. The SMILES string of the molecule is c1ccc(-c2cncc(-n3c4ccccc4c4c3ccc3c5ccccc5c5nc6ccccc6n5c34)c2)cc1. The second-order valence-electron chi connectivity index (χ2n) is 10.3. The van der Waals surface area contributed by atoms with Crippen molar-refractivity contribution in [1.82, 2.24) is 18.9 Å². The molecule has 5 aromatic carbocycles. The number of pyridine rings is 2. The Morgan fingerprint density at radius 3 is 2.10 bits per heavy atom. The van der Waals surface area contributed by atoms with Crippen LogP contribution in [0.15, 0.2) is 134 Å². The molecule has 0 aliphatic heterocycles. The fourth-order valence-electron chi connectivity index (χ4n) is 6.45. The van der Waals surface area contributed by atoms with Gasteiger partial charge in [0.05, 0.1) is 39.5 Å². The van der Waals surface area contributed by atoms with Crippen LogP contribution < -0.4 is 0 Å². The van der Waals surface area contributed by atoms with Gasteiger partial charge in [-0.15, -0.1) is 0 Å². The minimum absolute atomic E-state index is 0.987. The molecule has 40 heavy (non-hydrogen) atoms. The van der Waals surface area contributed by atoms with Crippen LogP contribution in [0.5, 0.6) is 0 Å². The maximum absolute atomic E-state index is 5.14. The van der Waals surface area contributed by atoms with Crippen molar-refractivity contribution in [3.63, 3.8) is 0 Å². The molecule has 0 N–H and O–H groups in total. The molecule has 0 amide bonds. The molecule has 4 heterocycles. The molecule has 4 aromatic heterocycles. The van der Waals surface area contributed by atoms with Crippen LogP contribution in [0, 0.1) is 0 Å². The molecule has 186 valence electrons. The van der Waals surface area contributed by atoms with E-state index in [0.717, 1.165) is 49.9 Å². The second kappa shape index (κ2) is 8.01. The largest absolute Gasteiger partial charge is 0.308 e. The monoisotopic (exact) mass is 510 g/mol. The van der Waals surface area contributed by atoms with Gasteiger partial charge < -0.3 is 4.57 Å². The van der Waals surface area contributed by atoms with Crippen LogP contribution in [0.25, 0.3) is 77.0 Å². The summed E-state index contributed by atoms with van der Waals surface area (Å²) in [5.74, 6) is 0. The van der Waals surface area contributed by atoms with Gasteiger partial charge in [-0.3, -0.25) is 9.38 Å². The maximum atomic E-state index is 5.14. The van der Waals surface area contributed by atoms with Crippen LogP contribution in [0.3, 0.4) is 0 Å². The molecule has 0 radical (unpaired) electrons. The highest BCUT2D eigenvalue weighted by Crippen LogP contribution is 2.41. The first-order valence-electron chi connectivity index (χ1n) is 13.5. The number of nitrogens with zero attached hydrogens (tertiary/aromatic N) is 4. The van der Waals surface area contributed by atoms with Crippen molar-refractivity contribution in [1.29, 1.82) is 0 Å². The summed E-state index contributed by atoms with van der Waals surface area (Å²) in [6.07, 6.45) is 3.90. The average molecular weight is 511 g/mol. The van der Waals surface area contributed by atoms with E-state index in [1.807, 2.05) is 18.5 Å². The number of aromatic nitrogens is 4. The number of fused-ring (bicyclic) bond motifs is 12. The van der Waals surface area contributed by atoms with Crippen molar-refractivity contribution in [3.05, 3.63) is 134 Å². The minimum Gasteiger partial charge on any atom is -0.308 e. The van der Waals surface area contributed by atoms with Gasteiger partial charge in [-0.05, 0) is 41.3 Å². The molecule has 0 atom stereocenters. The van der Waals surface area contributed by atoms with Crippen LogP contribution in [-0.4, -0.2) is 18.9 Å². The Morgan fingerprint density at radius 1 is 0.500 bits per heavy atom. The molecule has 9 aromatic rings. The van der Waals surface area contributed by atoms with Gasteiger partial charge in [0, 0.05) is 33.3 Å². The van der Waals surface area contributed by atoms with Crippen LogP contribution >= 0.6 is 0 Å². The highest BCUT2D eigenvalue weighted by atomic mass is 15.0. The Bertz CT molecular complexity index is 2430. The number of hydrogen-bond donors (Lipinski definition) is 0. The molecule has 0 aliphatic rings. The number of hydrogen-bond acceptors (Lipinski definition) is 2. The Hall–Kier alpha value is -5.48. The third-order valence-electron chi connectivity index (χ3n) is 8.14. The van der Waals surface area contributed by atoms with Crippen molar-refractivity contribution in [3.8, 4) is 16.8 Å². The minimum atomic E-state index is 0.987. The molecule has 0 fully saturated rings. The highest BCUT2D eigenvalue weighted by Gasteiger charge is 2.20. The lowest BCUT2D eigenvalue weighted by molar-refractivity contribution is 1.14. The topological polar surface area (TPSA) is 35.1 Å². The number of imidazole rings is 1. The fraction of sp³-hybridized carbons (Fsp3) is 0. The Morgan fingerprint density at radius 2 is 1.23 bits per heavy atom. The van der Waals surface area contributed by atoms with Crippen molar-refractivity contribution >= 4 is 60.2 Å². The van der Waals surface area contributed by atoms with Crippen LogP contribution in [0.4, 0.5) is 0 Å². The highest BCUT2D eigenvalue weighted by molar-refractivity contribution is 6.26. The quantitative estimate of drug-likeness (QED) is 0.218. The van der Waals surface area contributed by atoms with Crippen molar-refractivity contribution < 1.29 is 0 Å². The summed E-state index contributed by atoms with van der Waals surface area (Å²) in [5.41, 5.74) is 9.88. The average Bonchev–Trinajstić information content (AvgIpc) is 3.58. The van der Waals surface area contributed by atoms with Gasteiger partial charge in [0.2, 0.25) is 0 Å². The summed E-state index contributed by atoms with van der Waals surface area (Å²) in [6.45, 7) is 0. The van der Waals surface area contributed by atoms with Crippen LogP contribution in [0.2, 0.25) is 0 Å². The van der Waals surface area contributed by atoms with E-state index < -0.39 is 0 Å². The molecule has 4 nitrogen and oxygen atoms in total. The predicted octanol–water partition coefficient (Wildman–Crippen LogP) is 8.95. The van der Waals surface area contributed by atoms with Crippen molar-refractivity contribution in [2.24, 2.45) is 0 Å². The first kappa shape index (κ1) is 21.5. The zero-order valence-electron chi connectivity index (χ0n) is 21.5. The van der Waals surface area contributed by atoms with Crippen molar-refractivity contribution in [2.45, 2.75) is 0 Å². The lowest BCUT2D eigenvalue weighted by Crippen LogP contribution is -1.96. The zero-order valence-corrected chi connectivity index (χ0v) is 21.5. The summed E-state index contributed by atoms with van der Waals surface area (Å²) in [4.78, 5) is 9.82. The van der Waals surface area contributed by atoms with Crippen molar-refractivity contribution in [2.75, 3.05) is 0 Å². The second-order valence-corrected chi connectivity index (χ2v) is 10.3.